The number of ether oxygens (including phenoxy) is 2. The predicted octanol–water partition coefficient (Wildman–Crippen LogP) is 3.32. The molecule has 1 atom stereocenters. The van der Waals surface area contributed by atoms with Crippen LogP contribution in [0.3, 0.4) is 0 Å². The Morgan fingerprint density at radius 2 is 1.96 bits per heavy atom. The Kier molecular flexibility index (Phi) is 4.81. The molecule has 0 aliphatic carbocycles. The number of aromatic carboxylic acids is 1. The molecule has 0 unspecified atom stereocenters. The molecular weight excluding hydrogens is 322 g/mol. The van der Waals surface area contributed by atoms with Gasteiger partial charge in [-0.25, -0.2) is 4.79 Å². The first-order valence-electron chi connectivity index (χ1n) is 7.82. The van der Waals surface area contributed by atoms with Gasteiger partial charge in [-0.1, -0.05) is 12.1 Å². The number of ketones is 1. The van der Waals surface area contributed by atoms with Crippen molar-refractivity contribution >= 4 is 17.4 Å². The average Bonchev–Trinajstić information content (AvgIpc) is 2.62. The fourth-order valence-electron chi connectivity index (χ4n) is 2.48. The van der Waals surface area contributed by atoms with Crippen LogP contribution in [0, 0.1) is 0 Å². The van der Waals surface area contributed by atoms with E-state index >= 15 is 0 Å². The third-order valence-electron chi connectivity index (χ3n) is 3.73. The van der Waals surface area contributed by atoms with Crippen LogP contribution < -0.4 is 10.1 Å². The topological polar surface area (TPSA) is 84.9 Å². The SMILES string of the molecule is CCO[C@@H]1Oc2ccccc2C(=O)/C1=C/Nc1ccc(C(=O)O)cc1. The molecule has 128 valence electrons. The number of nitrogens with one attached hydrogen (secondary N) is 1. The highest BCUT2D eigenvalue weighted by atomic mass is 16.7. The van der Waals surface area contributed by atoms with Crippen LogP contribution in [0.1, 0.15) is 27.6 Å². The van der Waals surface area contributed by atoms with Crippen molar-refractivity contribution in [1.82, 2.24) is 0 Å². The molecule has 0 radical (unpaired) electrons. The van der Waals surface area contributed by atoms with Crippen molar-refractivity contribution in [1.29, 1.82) is 0 Å². The van der Waals surface area contributed by atoms with Gasteiger partial charge in [-0.2, -0.15) is 0 Å². The molecule has 0 bridgehead atoms. The van der Waals surface area contributed by atoms with Crippen LogP contribution in [-0.2, 0) is 4.74 Å². The van der Waals surface area contributed by atoms with Gasteiger partial charge in [0.25, 0.3) is 0 Å². The molecule has 0 amide bonds. The van der Waals surface area contributed by atoms with Gasteiger partial charge in [0.2, 0.25) is 6.29 Å². The van der Waals surface area contributed by atoms with Crippen molar-refractivity contribution in [3.05, 3.63) is 71.4 Å². The summed E-state index contributed by atoms with van der Waals surface area (Å²) in [6, 6.07) is 13.2. The Labute approximate surface area is 144 Å². The molecule has 6 heteroatoms. The summed E-state index contributed by atoms with van der Waals surface area (Å²) in [6.07, 6.45) is 0.743. The van der Waals surface area contributed by atoms with Crippen LogP contribution in [-0.4, -0.2) is 29.8 Å². The number of carbonyl (C=O) groups excluding carboxylic acids is 1. The summed E-state index contributed by atoms with van der Waals surface area (Å²) < 4.78 is 11.3. The Morgan fingerprint density at radius 1 is 1.24 bits per heavy atom. The molecule has 0 saturated carbocycles. The first-order chi connectivity index (χ1) is 12.1. The molecule has 6 nitrogen and oxygen atoms in total. The molecule has 0 saturated heterocycles. The zero-order valence-electron chi connectivity index (χ0n) is 13.6. The highest BCUT2D eigenvalue weighted by Crippen LogP contribution is 2.31. The lowest BCUT2D eigenvalue weighted by molar-refractivity contribution is -0.0509. The average molecular weight is 339 g/mol. The number of benzene rings is 2. The van der Waals surface area contributed by atoms with Gasteiger partial charge >= 0.3 is 5.97 Å². The van der Waals surface area contributed by atoms with E-state index in [1.165, 1.54) is 18.3 Å². The Balaban J connectivity index is 1.86. The summed E-state index contributed by atoms with van der Waals surface area (Å²) in [5.74, 6) is -0.669. The van der Waals surface area contributed by atoms with Crippen LogP contribution in [0.4, 0.5) is 5.69 Å². The predicted molar refractivity (Wildman–Crippen MR) is 91.9 cm³/mol. The van der Waals surface area contributed by atoms with E-state index in [1.807, 2.05) is 6.92 Å². The van der Waals surface area contributed by atoms with E-state index in [-0.39, 0.29) is 11.3 Å². The second-order valence-electron chi connectivity index (χ2n) is 5.36. The number of carboxylic acids is 1. The van der Waals surface area contributed by atoms with Gasteiger partial charge in [-0.3, -0.25) is 4.79 Å². The summed E-state index contributed by atoms with van der Waals surface area (Å²) in [5, 5.41) is 11.9. The fourth-order valence-corrected chi connectivity index (χ4v) is 2.48. The minimum atomic E-state index is -0.992. The minimum Gasteiger partial charge on any atom is -0.478 e. The smallest absolute Gasteiger partial charge is 0.335 e. The van der Waals surface area contributed by atoms with E-state index in [4.69, 9.17) is 14.6 Å². The molecule has 2 N–H and O–H groups in total. The third kappa shape index (κ3) is 3.54. The second kappa shape index (κ2) is 7.19. The monoisotopic (exact) mass is 339 g/mol. The first kappa shape index (κ1) is 16.7. The maximum Gasteiger partial charge on any atom is 0.335 e. The van der Waals surface area contributed by atoms with Crippen LogP contribution in [0.25, 0.3) is 0 Å². The molecule has 2 aromatic rings. The Morgan fingerprint density at radius 3 is 2.64 bits per heavy atom. The van der Waals surface area contributed by atoms with Gasteiger partial charge in [0, 0.05) is 18.5 Å². The maximum absolute atomic E-state index is 12.7. The summed E-state index contributed by atoms with van der Waals surface area (Å²) in [5.41, 5.74) is 1.67. The number of carbonyl (C=O) groups is 2. The summed E-state index contributed by atoms with van der Waals surface area (Å²) >= 11 is 0. The molecule has 0 aromatic heterocycles. The standard InChI is InChI=1S/C19H17NO5/c1-2-24-19-15(17(21)14-5-3-4-6-16(14)25-19)11-20-13-9-7-12(8-10-13)18(22)23/h3-11,19-20H,2H2,1H3,(H,22,23)/b15-11-/t19-/m1/s1. The van der Waals surface area contributed by atoms with Crippen LogP contribution in [0.5, 0.6) is 5.75 Å². The number of fused-ring (bicyclic) bond motifs is 1. The molecule has 2 aromatic carbocycles. The van der Waals surface area contributed by atoms with Crippen LogP contribution in [0.15, 0.2) is 60.3 Å². The van der Waals surface area contributed by atoms with E-state index in [1.54, 1.807) is 36.4 Å². The normalized spacial score (nSPS) is 17.7. The fraction of sp³-hybridized carbons (Fsp3) is 0.158. The number of rotatable bonds is 5. The number of carboxylic acid groups (broad SMARTS) is 1. The quantitative estimate of drug-likeness (QED) is 0.813. The maximum atomic E-state index is 12.7. The van der Waals surface area contributed by atoms with Crippen LogP contribution in [0.2, 0.25) is 0 Å². The third-order valence-corrected chi connectivity index (χ3v) is 3.73. The van der Waals surface area contributed by atoms with Gasteiger partial charge in [-0.15, -0.1) is 0 Å². The van der Waals surface area contributed by atoms with E-state index in [0.717, 1.165) is 0 Å². The molecule has 0 spiro atoms. The zero-order valence-corrected chi connectivity index (χ0v) is 13.6. The van der Waals surface area contributed by atoms with Crippen molar-refractivity contribution in [3.63, 3.8) is 0 Å². The largest absolute Gasteiger partial charge is 0.478 e. The van der Waals surface area contributed by atoms with Crippen LogP contribution >= 0.6 is 0 Å². The van der Waals surface area contributed by atoms with E-state index in [0.29, 0.717) is 29.2 Å². The number of hydrogen-bond acceptors (Lipinski definition) is 5. The number of hydrogen-bond donors (Lipinski definition) is 2. The van der Waals surface area contributed by atoms with E-state index in [9.17, 15) is 9.59 Å². The van der Waals surface area contributed by atoms with E-state index < -0.39 is 12.3 Å². The Bertz CT molecular complexity index is 826. The van der Waals surface area contributed by atoms with Crippen molar-refractivity contribution in [2.45, 2.75) is 13.2 Å². The van der Waals surface area contributed by atoms with Gasteiger partial charge in [-0.05, 0) is 43.3 Å². The lowest BCUT2D eigenvalue weighted by Crippen LogP contribution is -2.33. The molecule has 1 aliphatic rings. The Hall–Kier alpha value is -3.12. The number of anilines is 1. The van der Waals surface area contributed by atoms with Crippen molar-refractivity contribution in [2.75, 3.05) is 11.9 Å². The van der Waals surface area contributed by atoms with Gasteiger partial charge in [0.15, 0.2) is 5.78 Å². The molecule has 1 aliphatic heterocycles. The van der Waals surface area contributed by atoms with Crippen molar-refractivity contribution < 1.29 is 24.2 Å². The minimum absolute atomic E-state index is 0.171. The van der Waals surface area contributed by atoms with Gasteiger partial charge < -0.3 is 19.9 Å². The van der Waals surface area contributed by atoms with E-state index in [2.05, 4.69) is 5.32 Å². The number of para-hydroxylation sites is 1. The lowest BCUT2D eigenvalue weighted by Gasteiger charge is -2.27. The highest BCUT2D eigenvalue weighted by molar-refractivity contribution is 6.12. The molecular formula is C19H17NO5. The van der Waals surface area contributed by atoms with Gasteiger partial charge in [0.05, 0.1) is 16.7 Å². The second-order valence-corrected chi connectivity index (χ2v) is 5.36. The number of Topliss-reactive ketones (excluding diaryl/α,β-unsaturated/α-hetero) is 1. The summed E-state index contributed by atoms with van der Waals surface area (Å²) in [4.78, 5) is 23.6. The summed E-state index contributed by atoms with van der Waals surface area (Å²) in [6.45, 7) is 2.22. The van der Waals surface area contributed by atoms with Crippen molar-refractivity contribution in [2.24, 2.45) is 0 Å². The zero-order chi connectivity index (χ0) is 17.8. The van der Waals surface area contributed by atoms with Crippen molar-refractivity contribution in [3.8, 4) is 5.75 Å². The molecule has 25 heavy (non-hydrogen) atoms. The summed E-state index contributed by atoms with van der Waals surface area (Å²) in [7, 11) is 0. The lowest BCUT2D eigenvalue weighted by atomic mass is 10.00. The van der Waals surface area contributed by atoms with Gasteiger partial charge in [0.1, 0.15) is 5.75 Å². The molecule has 1 heterocycles. The first-order valence-corrected chi connectivity index (χ1v) is 7.82. The highest BCUT2D eigenvalue weighted by Gasteiger charge is 2.32. The molecule has 3 rings (SSSR count). The molecule has 0 fully saturated rings.